The van der Waals surface area contributed by atoms with Gasteiger partial charge in [0.15, 0.2) is 0 Å². The number of H-pyrrole nitrogens is 1. The quantitative estimate of drug-likeness (QED) is 0.750. The van der Waals surface area contributed by atoms with Crippen LogP contribution in [0.15, 0.2) is 29.2 Å². The van der Waals surface area contributed by atoms with Crippen LogP contribution in [0.5, 0.6) is 0 Å². The molecule has 0 spiro atoms. The van der Waals surface area contributed by atoms with Crippen LogP contribution in [0.2, 0.25) is 0 Å². The minimum Gasteiger partial charge on any atom is -0.345 e. The summed E-state index contributed by atoms with van der Waals surface area (Å²) < 4.78 is 1.55. The minimum absolute atomic E-state index is 0.0389. The Bertz CT molecular complexity index is 939. The number of hydrogen-bond donors (Lipinski definition) is 2. The maximum absolute atomic E-state index is 12.4. The summed E-state index contributed by atoms with van der Waals surface area (Å²) in [4.78, 5) is 31.9. The highest BCUT2D eigenvalue weighted by Crippen LogP contribution is 2.11. The summed E-state index contributed by atoms with van der Waals surface area (Å²) in [5.41, 5.74) is 1.74. The van der Waals surface area contributed by atoms with Crippen molar-refractivity contribution in [2.45, 2.75) is 13.8 Å². The number of hydrogen-bond acceptors (Lipinski definition) is 4. The SMILES string of the molecule is Cc1ccc2c(=O)c(C(=O)Nc3cc(C)nn3C)c[nH]c2n1. The second kappa shape index (κ2) is 5.10. The number of nitrogens with one attached hydrogen (secondary N) is 2. The number of pyridine rings is 2. The van der Waals surface area contributed by atoms with Crippen LogP contribution in [0.25, 0.3) is 11.0 Å². The predicted molar refractivity (Wildman–Crippen MR) is 83.0 cm³/mol. The van der Waals surface area contributed by atoms with Crippen molar-refractivity contribution in [2.75, 3.05) is 5.32 Å². The van der Waals surface area contributed by atoms with Crippen LogP contribution in [-0.2, 0) is 7.05 Å². The molecule has 3 rings (SSSR count). The molecule has 0 saturated heterocycles. The summed E-state index contributed by atoms with van der Waals surface area (Å²) in [6.45, 7) is 3.66. The molecule has 7 nitrogen and oxygen atoms in total. The highest BCUT2D eigenvalue weighted by Gasteiger charge is 2.15. The molecule has 3 heterocycles. The monoisotopic (exact) mass is 297 g/mol. The van der Waals surface area contributed by atoms with Crippen molar-refractivity contribution in [1.82, 2.24) is 19.7 Å². The number of aryl methyl sites for hydroxylation is 3. The molecule has 0 radical (unpaired) electrons. The number of aromatic nitrogens is 4. The zero-order valence-corrected chi connectivity index (χ0v) is 12.5. The Labute approximate surface area is 126 Å². The zero-order valence-electron chi connectivity index (χ0n) is 12.5. The average molecular weight is 297 g/mol. The standard InChI is InChI=1S/C15H15N5O2/c1-8-4-5-10-13(21)11(7-16-14(10)17-8)15(22)18-12-6-9(2)19-20(12)3/h4-7H,1-3H3,(H,18,22)(H,16,17,21). The normalized spacial score (nSPS) is 10.9. The lowest BCUT2D eigenvalue weighted by Gasteiger charge is -2.06. The molecule has 0 aliphatic heterocycles. The number of amides is 1. The number of nitrogens with zero attached hydrogens (tertiary/aromatic N) is 3. The summed E-state index contributed by atoms with van der Waals surface area (Å²) in [6, 6.07) is 5.14. The second-order valence-electron chi connectivity index (χ2n) is 5.13. The summed E-state index contributed by atoms with van der Waals surface area (Å²) in [5.74, 6) is 0.0516. The van der Waals surface area contributed by atoms with Gasteiger partial charge in [-0.15, -0.1) is 0 Å². The van der Waals surface area contributed by atoms with Gasteiger partial charge in [-0.2, -0.15) is 5.10 Å². The van der Waals surface area contributed by atoms with Crippen molar-refractivity contribution in [3.8, 4) is 0 Å². The Morgan fingerprint density at radius 2 is 2.05 bits per heavy atom. The van der Waals surface area contributed by atoms with Gasteiger partial charge in [0, 0.05) is 25.0 Å². The molecular weight excluding hydrogens is 282 g/mol. The van der Waals surface area contributed by atoms with E-state index in [4.69, 9.17) is 0 Å². The third-order valence-corrected chi connectivity index (χ3v) is 3.37. The van der Waals surface area contributed by atoms with E-state index in [1.165, 1.54) is 6.20 Å². The first-order valence-corrected chi connectivity index (χ1v) is 6.77. The first-order valence-electron chi connectivity index (χ1n) is 6.77. The van der Waals surface area contributed by atoms with Crippen LogP contribution in [0.1, 0.15) is 21.7 Å². The van der Waals surface area contributed by atoms with Gasteiger partial charge >= 0.3 is 0 Å². The molecule has 0 bridgehead atoms. The fourth-order valence-electron chi connectivity index (χ4n) is 2.28. The molecule has 0 fully saturated rings. The van der Waals surface area contributed by atoms with Gasteiger partial charge in [0.1, 0.15) is 17.0 Å². The molecule has 0 saturated carbocycles. The summed E-state index contributed by atoms with van der Waals surface area (Å²) in [7, 11) is 1.72. The van der Waals surface area contributed by atoms with Gasteiger partial charge in [-0.3, -0.25) is 14.3 Å². The topological polar surface area (TPSA) is 92.7 Å². The van der Waals surface area contributed by atoms with Crippen molar-refractivity contribution in [3.63, 3.8) is 0 Å². The Morgan fingerprint density at radius 3 is 2.73 bits per heavy atom. The summed E-state index contributed by atoms with van der Waals surface area (Å²) in [5, 5.41) is 7.22. The number of rotatable bonds is 2. The number of anilines is 1. The van der Waals surface area contributed by atoms with E-state index in [0.29, 0.717) is 16.9 Å². The van der Waals surface area contributed by atoms with Crippen LogP contribution in [0.3, 0.4) is 0 Å². The number of carbonyl (C=O) groups is 1. The Kier molecular flexibility index (Phi) is 3.25. The fraction of sp³-hybridized carbons (Fsp3) is 0.200. The van der Waals surface area contributed by atoms with E-state index in [2.05, 4.69) is 20.4 Å². The van der Waals surface area contributed by atoms with Crippen LogP contribution < -0.4 is 10.7 Å². The first-order chi connectivity index (χ1) is 10.5. The van der Waals surface area contributed by atoms with Crippen molar-refractivity contribution >= 4 is 22.8 Å². The molecule has 0 aromatic carbocycles. The van der Waals surface area contributed by atoms with Crippen LogP contribution in [-0.4, -0.2) is 25.7 Å². The number of fused-ring (bicyclic) bond motifs is 1. The summed E-state index contributed by atoms with van der Waals surface area (Å²) >= 11 is 0. The number of aromatic amines is 1. The molecule has 3 aromatic heterocycles. The third kappa shape index (κ3) is 2.37. The lowest BCUT2D eigenvalue weighted by atomic mass is 10.2. The van der Waals surface area contributed by atoms with Crippen LogP contribution >= 0.6 is 0 Å². The van der Waals surface area contributed by atoms with Gasteiger partial charge < -0.3 is 10.3 Å². The molecule has 2 N–H and O–H groups in total. The molecule has 1 amide bonds. The van der Waals surface area contributed by atoms with Gasteiger partial charge in [0.2, 0.25) is 5.43 Å². The van der Waals surface area contributed by atoms with Gasteiger partial charge in [0.05, 0.1) is 11.1 Å². The molecule has 0 unspecified atom stereocenters. The molecule has 112 valence electrons. The van der Waals surface area contributed by atoms with E-state index in [0.717, 1.165) is 11.4 Å². The van der Waals surface area contributed by atoms with Gasteiger partial charge in [-0.1, -0.05) is 0 Å². The third-order valence-electron chi connectivity index (χ3n) is 3.37. The van der Waals surface area contributed by atoms with E-state index in [9.17, 15) is 9.59 Å². The van der Waals surface area contributed by atoms with E-state index in [1.807, 2.05) is 13.8 Å². The first kappa shape index (κ1) is 14.0. The largest absolute Gasteiger partial charge is 0.345 e. The molecule has 0 aliphatic carbocycles. The van der Waals surface area contributed by atoms with Crippen LogP contribution in [0, 0.1) is 13.8 Å². The zero-order chi connectivity index (χ0) is 15.9. The Hall–Kier alpha value is -2.96. The van der Waals surface area contributed by atoms with Gasteiger partial charge in [-0.05, 0) is 26.0 Å². The lowest BCUT2D eigenvalue weighted by Crippen LogP contribution is -2.23. The highest BCUT2D eigenvalue weighted by atomic mass is 16.2. The van der Waals surface area contributed by atoms with E-state index >= 15 is 0 Å². The molecule has 0 atom stereocenters. The Morgan fingerprint density at radius 1 is 1.27 bits per heavy atom. The number of carbonyl (C=O) groups excluding carboxylic acids is 1. The average Bonchev–Trinajstić information content (AvgIpc) is 2.76. The van der Waals surface area contributed by atoms with Gasteiger partial charge in [-0.25, -0.2) is 4.98 Å². The van der Waals surface area contributed by atoms with Crippen molar-refractivity contribution < 1.29 is 4.79 Å². The molecule has 3 aromatic rings. The van der Waals surface area contributed by atoms with E-state index < -0.39 is 5.91 Å². The molecular formula is C15H15N5O2. The molecule has 0 aliphatic rings. The highest BCUT2D eigenvalue weighted by molar-refractivity contribution is 6.05. The lowest BCUT2D eigenvalue weighted by molar-refractivity contribution is 0.102. The van der Waals surface area contributed by atoms with Crippen molar-refractivity contribution in [2.24, 2.45) is 7.05 Å². The minimum atomic E-state index is -0.480. The van der Waals surface area contributed by atoms with Crippen molar-refractivity contribution in [1.29, 1.82) is 0 Å². The van der Waals surface area contributed by atoms with Gasteiger partial charge in [0.25, 0.3) is 5.91 Å². The van der Waals surface area contributed by atoms with Crippen molar-refractivity contribution in [3.05, 3.63) is 51.6 Å². The maximum Gasteiger partial charge on any atom is 0.262 e. The Balaban J connectivity index is 2.01. The molecule has 22 heavy (non-hydrogen) atoms. The van der Waals surface area contributed by atoms with Crippen LogP contribution in [0.4, 0.5) is 5.82 Å². The fourth-order valence-corrected chi connectivity index (χ4v) is 2.28. The maximum atomic E-state index is 12.4. The van der Waals surface area contributed by atoms with E-state index in [-0.39, 0.29) is 11.0 Å². The smallest absolute Gasteiger partial charge is 0.262 e. The second-order valence-corrected chi connectivity index (χ2v) is 5.13. The summed E-state index contributed by atoms with van der Waals surface area (Å²) in [6.07, 6.45) is 1.38. The van der Waals surface area contributed by atoms with E-state index in [1.54, 1.807) is 29.9 Å². The predicted octanol–water partition coefficient (Wildman–Crippen LogP) is 1.53. The molecule has 7 heteroatoms.